The summed E-state index contributed by atoms with van der Waals surface area (Å²) < 4.78 is 8.54. The minimum Gasteiger partial charge on any atom is -0.376 e. The first kappa shape index (κ1) is 18.3. The Kier molecular flexibility index (Phi) is 4.71. The number of ketones is 1. The fourth-order valence-electron chi connectivity index (χ4n) is 6.86. The maximum Gasteiger partial charge on any atom is 0.174 e. The third-order valence-electron chi connectivity index (χ3n) is 7.78. The number of carbonyl (C=O) groups excluding carboxylic acids is 1. The first-order valence-corrected chi connectivity index (χ1v) is 12.0. The van der Waals surface area contributed by atoms with Crippen molar-refractivity contribution >= 4 is 17.5 Å². The van der Waals surface area contributed by atoms with Gasteiger partial charge in [-0.3, -0.25) is 4.79 Å². The molecule has 0 radical (unpaired) electrons. The molecule has 1 aliphatic heterocycles. The number of ether oxygens (including phenoxy) is 1. The third-order valence-corrected chi connectivity index (χ3v) is 9.29. The molecule has 6 rings (SSSR count). The van der Waals surface area contributed by atoms with Crippen LogP contribution in [0.2, 0.25) is 0 Å². The molecule has 148 valence electrons. The monoisotopic (exact) mass is 387 g/mol. The van der Waals surface area contributed by atoms with E-state index in [1.807, 2.05) is 11.8 Å². The molecule has 0 amide bonds. The van der Waals surface area contributed by atoms with E-state index < -0.39 is 0 Å². The molecule has 0 unspecified atom stereocenters. The molecule has 5 fully saturated rings. The lowest BCUT2D eigenvalue weighted by Gasteiger charge is -2.56. The minimum atomic E-state index is 0.319. The summed E-state index contributed by atoms with van der Waals surface area (Å²) in [5.41, 5.74) is 3.29. The van der Waals surface area contributed by atoms with E-state index in [-0.39, 0.29) is 0 Å². The van der Waals surface area contributed by atoms with Crippen LogP contribution in [0.3, 0.4) is 0 Å². The van der Waals surface area contributed by atoms with Crippen LogP contribution in [0, 0.1) is 31.6 Å². The van der Waals surface area contributed by atoms with Crippen molar-refractivity contribution in [1.29, 1.82) is 0 Å². The normalized spacial score (nSPS) is 37.3. The molecule has 5 aliphatic rings. The lowest BCUT2D eigenvalue weighted by atomic mass is 9.56. The van der Waals surface area contributed by atoms with Crippen molar-refractivity contribution in [3.63, 3.8) is 0 Å². The van der Waals surface area contributed by atoms with Crippen LogP contribution >= 0.6 is 11.8 Å². The molecule has 0 aromatic carbocycles. The Morgan fingerprint density at radius 1 is 1.19 bits per heavy atom. The highest BCUT2D eigenvalue weighted by atomic mass is 32.2. The van der Waals surface area contributed by atoms with E-state index in [0.29, 0.717) is 22.4 Å². The summed E-state index contributed by atoms with van der Waals surface area (Å²) >= 11 is 2.01. The molecule has 27 heavy (non-hydrogen) atoms. The first-order valence-electron chi connectivity index (χ1n) is 11.0. The van der Waals surface area contributed by atoms with Gasteiger partial charge in [0.05, 0.1) is 11.9 Å². The van der Waals surface area contributed by atoms with Gasteiger partial charge in [0.15, 0.2) is 5.78 Å². The maximum absolute atomic E-state index is 13.1. The van der Waals surface area contributed by atoms with Crippen molar-refractivity contribution in [2.24, 2.45) is 17.8 Å². The number of thioether (sulfide) groups is 1. The van der Waals surface area contributed by atoms with Crippen LogP contribution in [-0.2, 0) is 11.3 Å². The van der Waals surface area contributed by atoms with Gasteiger partial charge in [-0.15, -0.1) is 11.8 Å². The Morgan fingerprint density at radius 3 is 2.44 bits per heavy atom. The molecule has 0 spiro atoms. The lowest BCUT2D eigenvalue weighted by molar-refractivity contribution is 0.0383. The molecular weight excluding hydrogens is 354 g/mol. The Bertz CT molecular complexity index is 696. The second-order valence-corrected chi connectivity index (χ2v) is 11.3. The second-order valence-electron chi connectivity index (χ2n) is 9.84. The van der Waals surface area contributed by atoms with Crippen molar-refractivity contribution in [2.45, 2.75) is 82.6 Å². The Morgan fingerprint density at radius 2 is 1.85 bits per heavy atom. The smallest absolute Gasteiger partial charge is 0.174 e. The van der Waals surface area contributed by atoms with Crippen LogP contribution < -0.4 is 0 Å². The van der Waals surface area contributed by atoms with Crippen molar-refractivity contribution in [3.05, 3.63) is 23.0 Å². The summed E-state index contributed by atoms with van der Waals surface area (Å²) in [4.78, 5) is 13.1. The molecule has 1 saturated heterocycles. The fraction of sp³-hybridized carbons (Fsp3) is 0.783. The third kappa shape index (κ3) is 3.42. The standard InChI is InChI=1S/C23H33NO2S/c1-15-6-21(16(2)24(15)13-20-4-3-5-26-20)22(25)14-27-23-10-17-7-18(11-23)9-19(8-17)12-23/h6,17-20H,3-5,7-14H2,1-2H3/t17?,18?,19?,20-,23?/m1/s1. The number of hydrogen-bond donors (Lipinski definition) is 0. The number of aryl methyl sites for hydroxylation is 1. The summed E-state index contributed by atoms with van der Waals surface area (Å²) in [6.45, 7) is 6.03. The number of carbonyl (C=O) groups is 1. The van der Waals surface area contributed by atoms with Crippen LogP contribution in [-0.4, -0.2) is 33.6 Å². The Balaban J connectivity index is 1.26. The molecule has 4 aliphatic carbocycles. The van der Waals surface area contributed by atoms with Gasteiger partial charge in [-0.25, -0.2) is 0 Å². The Hall–Kier alpha value is -0.740. The zero-order valence-corrected chi connectivity index (χ0v) is 17.7. The average Bonchev–Trinajstić information content (AvgIpc) is 3.22. The van der Waals surface area contributed by atoms with E-state index in [0.717, 1.165) is 55.0 Å². The van der Waals surface area contributed by atoms with Crippen LogP contribution in [0.1, 0.15) is 73.1 Å². The van der Waals surface area contributed by atoms with Crippen molar-refractivity contribution in [1.82, 2.24) is 4.57 Å². The van der Waals surface area contributed by atoms with Crippen molar-refractivity contribution in [2.75, 3.05) is 12.4 Å². The summed E-state index contributed by atoms with van der Waals surface area (Å²) in [7, 11) is 0. The second kappa shape index (κ2) is 6.95. The van der Waals surface area contributed by atoms with Gasteiger partial charge in [-0.2, -0.15) is 0 Å². The SMILES string of the molecule is Cc1cc(C(=O)CSC23CC4CC(CC(C4)C2)C3)c(C)n1C[C@H]1CCCO1. The largest absolute Gasteiger partial charge is 0.376 e. The molecule has 4 heteroatoms. The average molecular weight is 388 g/mol. The van der Waals surface area contributed by atoms with E-state index in [9.17, 15) is 4.79 Å². The van der Waals surface area contributed by atoms with E-state index in [1.165, 1.54) is 44.2 Å². The van der Waals surface area contributed by atoms with Gasteiger partial charge >= 0.3 is 0 Å². The van der Waals surface area contributed by atoms with E-state index >= 15 is 0 Å². The topological polar surface area (TPSA) is 31.2 Å². The lowest BCUT2D eigenvalue weighted by Crippen LogP contribution is -2.48. The molecule has 1 aromatic heterocycles. The van der Waals surface area contributed by atoms with Crippen LogP contribution in [0.25, 0.3) is 0 Å². The van der Waals surface area contributed by atoms with E-state index in [4.69, 9.17) is 4.74 Å². The molecule has 3 nitrogen and oxygen atoms in total. The van der Waals surface area contributed by atoms with Crippen molar-refractivity contribution in [3.8, 4) is 0 Å². The summed E-state index contributed by atoms with van der Waals surface area (Å²) in [6.07, 6.45) is 11.1. The number of hydrogen-bond acceptors (Lipinski definition) is 3. The molecule has 2 heterocycles. The van der Waals surface area contributed by atoms with Gasteiger partial charge in [-0.1, -0.05) is 0 Å². The van der Waals surface area contributed by atoms with Gasteiger partial charge < -0.3 is 9.30 Å². The fourth-order valence-corrected chi connectivity index (χ4v) is 8.51. The molecule has 4 saturated carbocycles. The van der Waals surface area contributed by atoms with Gasteiger partial charge in [0.25, 0.3) is 0 Å². The van der Waals surface area contributed by atoms with Gasteiger partial charge in [0, 0.05) is 34.8 Å². The molecular formula is C23H33NO2S. The highest BCUT2D eigenvalue weighted by molar-refractivity contribution is 8.01. The number of aromatic nitrogens is 1. The number of Topliss-reactive ketones (excluding diaryl/α,β-unsaturated/α-hetero) is 1. The quantitative estimate of drug-likeness (QED) is 0.631. The summed E-state index contributed by atoms with van der Waals surface area (Å²) in [6, 6.07) is 2.12. The van der Waals surface area contributed by atoms with Gasteiger partial charge in [-0.05, 0) is 89.0 Å². The van der Waals surface area contributed by atoms with E-state index in [1.54, 1.807) is 0 Å². The highest BCUT2D eigenvalue weighted by Crippen LogP contribution is 2.60. The van der Waals surface area contributed by atoms with Crippen LogP contribution in [0.4, 0.5) is 0 Å². The van der Waals surface area contributed by atoms with Gasteiger partial charge in [0.2, 0.25) is 0 Å². The first-order chi connectivity index (χ1) is 13.0. The summed E-state index contributed by atoms with van der Waals surface area (Å²) in [5.74, 6) is 3.86. The minimum absolute atomic E-state index is 0.319. The van der Waals surface area contributed by atoms with Crippen LogP contribution in [0.5, 0.6) is 0 Å². The molecule has 1 atom stereocenters. The van der Waals surface area contributed by atoms with Crippen molar-refractivity contribution < 1.29 is 9.53 Å². The number of nitrogens with zero attached hydrogens (tertiary/aromatic N) is 1. The Labute approximate surface area is 167 Å². The zero-order chi connectivity index (χ0) is 18.6. The highest BCUT2D eigenvalue weighted by Gasteiger charge is 2.51. The summed E-state index contributed by atoms with van der Waals surface area (Å²) in [5, 5.41) is 0. The van der Waals surface area contributed by atoms with Gasteiger partial charge in [0.1, 0.15) is 0 Å². The number of rotatable bonds is 6. The molecule has 1 aromatic rings. The maximum atomic E-state index is 13.1. The molecule has 4 bridgehead atoms. The predicted molar refractivity (Wildman–Crippen MR) is 111 cm³/mol. The van der Waals surface area contributed by atoms with E-state index in [2.05, 4.69) is 24.5 Å². The predicted octanol–water partition coefficient (Wildman–Crippen LogP) is 5.17. The van der Waals surface area contributed by atoms with Crippen LogP contribution in [0.15, 0.2) is 6.07 Å². The molecule has 0 N–H and O–H groups in total. The zero-order valence-electron chi connectivity index (χ0n) is 16.8.